The van der Waals surface area contributed by atoms with Crippen LogP contribution in [0.15, 0.2) is 72.8 Å². The minimum Gasteiger partial charge on any atom is -0.465 e. The van der Waals surface area contributed by atoms with E-state index >= 15 is 0 Å². The first-order chi connectivity index (χ1) is 26.9. The molecule has 2 saturated heterocycles. The van der Waals surface area contributed by atoms with E-state index in [0.29, 0.717) is 18.5 Å². The number of aliphatic hydroxyl groups is 1. The molecule has 3 aromatic rings. The standard InChI is InChI=1S/C45H60N4O7/c1-6-54-40(51)26-47-44(53)46-25-35-12-7-9-13-36(35)31-19-21-34(22-20-31)43-55-39(29(2)41(56-43)33-17-15-30(28-50)16-18-33)27-49-37-14-10-8-11-32(37)23-24-38(49)42(52)48-45(3,4)5/h7,9,12-13,15-22,29,32,37-39,41,43,50H,6,8,10-11,14,23-28H2,1-5H3,(H,48,52)(H2,46,47,53)/t29-,32+,37+,38+,39+,41+,43+/m0/s1. The molecule has 11 nitrogen and oxygen atoms in total. The van der Waals surface area contributed by atoms with Crippen LogP contribution in [0.2, 0.25) is 0 Å². The van der Waals surface area contributed by atoms with Gasteiger partial charge in [-0.05, 0) is 87.1 Å². The van der Waals surface area contributed by atoms with Crippen molar-refractivity contribution in [3.8, 4) is 11.1 Å². The smallest absolute Gasteiger partial charge is 0.325 e. The Kier molecular flexibility index (Phi) is 13.9. The van der Waals surface area contributed by atoms with E-state index in [-0.39, 0.29) is 61.9 Å². The van der Waals surface area contributed by atoms with E-state index in [9.17, 15) is 19.5 Å². The number of fused-ring (bicyclic) bond motifs is 1. The van der Waals surface area contributed by atoms with Crippen LogP contribution < -0.4 is 16.0 Å². The van der Waals surface area contributed by atoms with Gasteiger partial charge in [0.05, 0.1) is 31.5 Å². The fraction of sp³-hybridized carbons (Fsp3) is 0.533. The molecular formula is C45H60N4O7. The Bertz CT molecular complexity index is 1780. The molecule has 3 aliphatic rings. The molecule has 0 aromatic heterocycles. The predicted molar refractivity (Wildman–Crippen MR) is 215 cm³/mol. The van der Waals surface area contributed by atoms with Crippen molar-refractivity contribution in [1.82, 2.24) is 20.9 Å². The molecule has 56 heavy (non-hydrogen) atoms. The number of esters is 1. The summed E-state index contributed by atoms with van der Waals surface area (Å²) in [7, 11) is 0. The molecular weight excluding hydrogens is 709 g/mol. The number of amides is 3. The van der Waals surface area contributed by atoms with E-state index < -0.39 is 18.3 Å². The number of carbonyl (C=O) groups excluding carboxylic acids is 3. The van der Waals surface area contributed by atoms with E-state index in [4.69, 9.17) is 14.2 Å². The summed E-state index contributed by atoms with van der Waals surface area (Å²) in [5, 5.41) is 18.4. The lowest BCUT2D eigenvalue weighted by atomic mass is 9.75. The summed E-state index contributed by atoms with van der Waals surface area (Å²) in [5.41, 5.74) is 5.28. The van der Waals surface area contributed by atoms with Crippen LogP contribution >= 0.6 is 0 Å². The molecule has 2 heterocycles. The van der Waals surface area contributed by atoms with Gasteiger partial charge in [-0.1, -0.05) is 92.6 Å². The second-order valence-corrected chi connectivity index (χ2v) is 16.6. The molecule has 2 aliphatic heterocycles. The molecule has 3 fully saturated rings. The van der Waals surface area contributed by atoms with Crippen LogP contribution in [0.4, 0.5) is 4.79 Å². The first-order valence-corrected chi connectivity index (χ1v) is 20.4. The maximum absolute atomic E-state index is 13.9. The molecule has 3 aromatic carbocycles. The van der Waals surface area contributed by atoms with Crippen molar-refractivity contribution in [2.45, 2.75) is 122 Å². The van der Waals surface area contributed by atoms with Crippen LogP contribution in [-0.4, -0.2) is 71.3 Å². The summed E-state index contributed by atoms with van der Waals surface area (Å²) >= 11 is 0. The average Bonchev–Trinajstić information content (AvgIpc) is 3.19. The minimum atomic E-state index is -0.651. The van der Waals surface area contributed by atoms with E-state index in [1.54, 1.807) is 6.92 Å². The number of rotatable bonds is 12. The van der Waals surface area contributed by atoms with Crippen LogP contribution in [0.1, 0.15) is 108 Å². The molecule has 6 rings (SSSR count). The third kappa shape index (κ3) is 10.4. The Morgan fingerprint density at radius 3 is 2.30 bits per heavy atom. The van der Waals surface area contributed by atoms with E-state index in [0.717, 1.165) is 52.6 Å². The zero-order chi connectivity index (χ0) is 39.8. The van der Waals surface area contributed by atoms with Crippen molar-refractivity contribution in [1.29, 1.82) is 0 Å². The third-order valence-corrected chi connectivity index (χ3v) is 11.5. The molecule has 3 amide bonds. The molecule has 302 valence electrons. The van der Waals surface area contributed by atoms with Crippen LogP contribution in [-0.2, 0) is 37.0 Å². The van der Waals surface area contributed by atoms with E-state index in [2.05, 4.69) is 27.8 Å². The lowest BCUT2D eigenvalue weighted by molar-refractivity contribution is -0.278. The minimum absolute atomic E-state index is 0.0188. The van der Waals surface area contributed by atoms with Gasteiger partial charge in [-0.15, -0.1) is 0 Å². The Morgan fingerprint density at radius 1 is 0.875 bits per heavy atom. The number of likely N-dealkylation sites (tertiary alicyclic amines) is 1. The number of piperidine rings is 1. The average molecular weight is 769 g/mol. The number of hydrogen-bond donors (Lipinski definition) is 4. The number of benzene rings is 3. The lowest BCUT2D eigenvalue weighted by Crippen LogP contribution is -2.61. The van der Waals surface area contributed by atoms with Crippen molar-refractivity contribution < 1.29 is 33.7 Å². The maximum atomic E-state index is 13.9. The van der Waals surface area contributed by atoms with Crippen molar-refractivity contribution >= 4 is 17.9 Å². The fourth-order valence-corrected chi connectivity index (χ4v) is 8.64. The molecule has 11 heteroatoms. The first kappa shape index (κ1) is 41.3. The lowest BCUT2D eigenvalue weighted by Gasteiger charge is -2.51. The van der Waals surface area contributed by atoms with Crippen molar-refractivity contribution in [3.63, 3.8) is 0 Å². The molecule has 1 aliphatic carbocycles. The van der Waals surface area contributed by atoms with E-state index in [1.807, 2.05) is 93.6 Å². The second kappa shape index (κ2) is 18.8. The molecule has 0 unspecified atom stereocenters. The van der Waals surface area contributed by atoms with Crippen LogP contribution in [0, 0.1) is 11.8 Å². The number of hydrogen-bond acceptors (Lipinski definition) is 8. The topological polar surface area (TPSA) is 138 Å². The Balaban J connectivity index is 1.24. The summed E-state index contributed by atoms with van der Waals surface area (Å²) in [4.78, 5) is 40.5. The van der Waals surface area contributed by atoms with Gasteiger partial charge in [0.2, 0.25) is 5.91 Å². The monoisotopic (exact) mass is 768 g/mol. The first-order valence-electron chi connectivity index (χ1n) is 20.4. The Hall–Kier alpha value is -4.29. The molecule has 1 saturated carbocycles. The van der Waals surface area contributed by atoms with Gasteiger partial charge in [0, 0.05) is 36.2 Å². The number of aliphatic hydroxyl groups excluding tert-OH is 1. The van der Waals surface area contributed by atoms with Gasteiger partial charge in [-0.2, -0.15) is 0 Å². The third-order valence-electron chi connectivity index (χ3n) is 11.5. The van der Waals surface area contributed by atoms with Crippen molar-refractivity contribution in [2.24, 2.45) is 11.8 Å². The van der Waals surface area contributed by atoms with Crippen LogP contribution in [0.5, 0.6) is 0 Å². The zero-order valence-electron chi connectivity index (χ0n) is 33.6. The number of urea groups is 1. The largest absolute Gasteiger partial charge is 0.465 e. The van der Waals surface area contributed by atoms with Gasteiger partial charge < -0.3 is 35.3 Å². The van der Waals surface area contributed by atoms with Gasteiger partial charge in [0.15, 0.2) is 6.29 Å². The number of nitrogens with zero attached hydrogens (tertiary/aromatic N) is 1. The summed E-state index contributed by atoms with van der Waals surface area (Å²) < 4.78 is 18.7. The highest BCUT2D eigenvalue weighted by molar-refractivity contribution is 5.82. The summed E-state index contributed by atoms with van der Waals surface area (Å²) in [6, 6.07) is 23.7. The highest BCUT2D eigenvalue weighted by Crippen LogP contribution is 2.44. The van der Waals surface area contributed by atoms with Crippen molar-refractivity contribution in [2.75, 3.05) is 19.7 Å². The fourth-order valence-electron chi connectivity index (χ4n) is 8.64. The number of carbonyl (C=O) groups is 3. The van der Waals surface area contributed by atoms with Gasteiger partial charge in [-0.25, -0.2) is 4.79 Å². The maximum Gasteiger partial charge on any atom is 0.325 e. The normalized spacial score (nSPS) is 25.4. The van der Waals surface area contributed by atoms with Gasteiger partial charge in [0.1, 0.15) is 6.54 Å². The zero-order valence-corrected chi connectivity index (χ0v) is 33.6. The number of nitrogens with one attached hydrogen (secondary N) is 3. The summed E-state index contributed by atoms with van der Waals surface area (Å²) in [6.45, 7) is 10.9. The van der Waals surface area contributed by atoms with Crippen LogP contribution in [0.25, 0.3) is 11.1 Å². The quantitative estimate of drug-likeness (QED) is 0.146. The van der Waals surface area contributed by atoms with Gasteiger partial charge in [0.25, 0.3) is 0 Å². The van der Waals surface area contributed by atoms with E-state index in [1.165, 1.54) is 19.3 Å². The van der Waals surface area contributed by atoms with Gasteiger partial charge >= 0.3 is 12.0 Å². The SMILES string of the molecule is CCOC(=O)CNC(=O)NCc1ccccc1-c1ccc([C@@H]2O[C@H](CN3[C@@H](C(=O)NC(C)(C)C)CC[C@H]4CCCC[C@H]43)[C@H](C)[C@H](c3ccc(CO)cc3)O2)cc1. The molecule has 0 spiro atoms. The van der Waals surface area contributed by atoms with Crippen LogP contribution in [0.3, 0.4) is 0 Å². The second-order valence-electron chi connectivity index (χ2n) is 16.6. The predicted octanol–water partition coefficient (Wildman–Crippen LogP) is 6.94. The Labute approximate surface area is 331 Å². The summed E-state index contributed by atoms with van der Waals surface area (Å²) in [6.07, 6.45) is 5.48. The molecule has 0 radical (unpaired) electrons. The Morgan fingerprint density at radius 2 is 1.59 bits per heavy atom. The van der Waals surface area contributed by atoms with Gasteiger partial charge in [-0.3, -0.25) is 14.5 Å². The summed E-state index contributed by atoms with van der Waals surface area (Å²) in [5.74, 6) is 0.171. The van der Waals surface area contributed by atoms with Crippen molar-refractivity contribution in [3.05, 3.63) is 95.1 Å². The number of ether oxygens (including phenoxy) is 3. The molecule has 7 atom stereocenters. The highest BCUT2D eigenvalue weighted by atomic mass is 16.7. The molecule has 4 N–H and O–H groups in total. The molecule has 0 bridgehead atoms. The highest BCUT2D eigenvalue weighted by Gasteiger charge is 2.46.